The molecule has 0 radical (unpaired) electrons. The molecule has 1 fully saturated rings. The molecular formula is C15H26N2O. The summed E-state index contributed by atoms with van der Waals surface area (Å²) in [6.07, 6.45) is 3.99. The van der Waals surface area contributed by atoms with Crippen molar-refractivity contribution >= 4 is 0 Å². The van der Waals surface area contributed by atoms with Crippen LogP contribution in [0.3, 0.4) is 0 Å². The monoisotopic (exact) mass is 250 g/mol. The van der Waals surface area contributed by atoms with E-state index in [9.17, 15) is 0 Å². The SMILES string of the molecule is CCC(N)C(c1ccco1)N1CCC(C)C(C)C1. The molecule has 1 aromatic rings. The first-order valence-electron chi connectivity index (χ1n) is 7.16. The maximum absolute atomic E-state index is 6.32. The fraction of sp³-hybridized carbons (Fsp3) is 0.733. The van der Waals surface area contributed by atoms with E-state index in [-0.39, 0.29) is 12.1 Å². The highest BCUT2D eigenvalue weighted by molar-refractivity contribution is 5.08. The van der Waals surface area contributed by atoms with Crippen LogP contribution >= 0.6 is 0 Å². The van der Waals surface area contributed by atoms with E-state index in [4.69, 9.17) is 10.2 Å². The van der Waals surface area contributed by atoms with Crippen LogP contribution in [0.25, 0.3) is 0 Å². The van der Waals surface area contributed by atoms with Crippen LogP contribution in [0.1, 0.15) is 45.4 Å². The Hall–Kier alpha value is -0.800. The van der Waals surface area contributed by atoms with Crippen LogP contribution in [0.15, 0.2) is 22.8 Å². The molecule has 1 saturated heterocycles. The van der Waals surface area contributed by atoms with Crippen molar-refractivity contribution in [2.75, 3.05) is 13.1 Å². The summed E-state index contributed by atoms with van der Waals surface area (Å²) in [4.78, 5) is 2.51. The van der Waals surface area contributed by atoms with Crippen molar-refractivity contribution in [3.8, 4) is 0 Å². The molecule has 2 N–H and O–H groups in total. The number of hydrogen-bond donors (Lipinski definition) is 1. The summed E-state index contributed by atoms with van der Waals surface area (Å²) >= 11 is 0. The zero-order valence-electron chi connectivity index (χ0n) is 11.8. The third-order valence-electron chi connectivity index (χ3n) is 4.47. The van der Waals surface area contributed by atoms with E-state index in [0.29, 0.717) is 0 Å². The standard InChI is InChI=1S/C15H26N2O/c1-4-13(16)15(14-6-5-9-18-14)17-8-7-11(2)12(3)10-17/h5-6,9,11-13,15H,4,7-8,10,16H2,1-3H3. The molecule has 0 amide bonds. The minimum Gasteiger partial charge on any atom is -0.468 e. The first-order chi connectivity index (χ1) is 8.63. The third kappa shape index (κ3) is 2.78. The molecule has 2 rings (SSSR count). The number of hydrogen-bond acceptors (Lipinski definition) is 3. The Bertz CT molecular complexity index is 349. The normalized spacial score (nSPS) is 29.1. The molecule has 3 nitrogen and oxygen atoms in total. The van der Waals surface area contributed by atoms with Crippen LogP contribution in [-0.2, 0) is 0 Å². The number of nitrogens with two attached hydrogens (primary N) is 1. The lowest BCUT2D eigenvalue weighted by atomic mass is 9.86. The lowest BCUT2D eigenvalue weighted by molar-refractivity contribution is 0.0708. The van der Waals surface area contributed by atoms with E-state index >= 15 is 0 Å². The molecule has 0 saturated carbocycles. The van der Waals surface area contributed by atoms with Gasteiger partial charge in [-0.25, -0.2) is 0 Å². The maximum atomic E-state index is 6.32. The van der Waals surface area contributed by atoms with Gasteiger partial charge in [0.05, 0.1) is 12.3 Å². The first-order valence-corrected chi connectivity index (χ1v) is 7.16. The highest BCUT2D eigenvalue weighted by Crippen LogP contribution is 2.32. The predicted octanol–water partition coefficient (Wildman–Crippen LogP) is 3.04. The Morgan fingerprint density at radius 3 is 2.78 bits per heavy atom. The maximum Gasteiger partial charge on any atom is 0.122 e. The average molecular weight is 250 g/mol. The molecule has 3 heteroatoms. The summed E-state index contributed by atoms with van der Waals surface area (Å²) in [6.45, 7) is 9.10. The summed E-state index contributed by atoms with van der Waals surface area (Å²) < 4.78 is 5.61. The van der Waals surface area contributed by atoms with Gasteiger partial charge in [0.15, 0.2) is 0 Å². The van der Waals surface area contributed by atoms with Gasteiger partial charge >= 0.3 is 0 Å². The van der Waals surface area contributed by atoms with Gasteiger partial charge in [0.25, 0.3) is 0 Å². The van der Waals surface area contributed by atoms with Gasteiger partial charge in [0, 0.05) is 12.6 Å². The van der Waals surface area contributed by atoms with Crippen molar-refractivity contribution in [3.05, 3.63) is 24.2 Å². The Morgan fingerprint density at radius 2 is 2.22 bits per heavy atom. The minimum atomic E-state index is 0.150. The summed E-state index contributed by atoms with van der Waals surface area (Å²) in [5.74, 6) is 2.57. The molecule has 1 aromatic heterocycles. The lowest BCUT2D eigenvalue weighted by Crippen LogP contribution is -2.46. The number of piperidine rings is 1. The molecule has 4 unspecified atom stereocenters. The number of rotatable bonds is 4. The van der Waals surface area contributed by atoms with Gasteiger partial charge in [0.1, 0.15) is 5.76 Å². The third-order valence-corrected chi connectivity index (χ3v) is 4.47. The largest absolute Gasteiger partial charge is 0.468 e. The highest BCUT2D eigenvalue weighted by Gasteiger charge is 2.32. The highest BCUT2D eigenvalue weighted by atomic mass is 16.3. The summed E-state index contributed by atoms with van der Waals surface area (Å²) in [5, 5.41) is 0. The second kappa shape index (κ2) is 5.89. The molecule has 102 valence electrons. The number of nitrogens with zero attached hydrogens (tertiary/aromatic N) is 1. The summed E-state index contributed by atoms with van der Waals surface area (Å²) in [5.41, 5.74) is 6.32. The van der Waals surface area contributed by atoms with E-state index < -0.39 is 0 Å². The van der Waals surface area contributed by atoms with Gasteiger partial charge in [-0.1, -0.05) is 20.8 Å². The zero-order chi connectivity index (χ0) is 13.1. The van der Waals surface area contributed by atoms with Crippen LogP contribution < -0.4 is 5.73 Å². The second-order valence-corrected chi connectivity index (χ2v) is 5.77. The fourth-order valence-corrected chi connectivity index (χ4v) is 2.89. The van der Waals surface area contributed by atoms with E-state index in [1.807, 2.05) is 6.07 Å². The van der Waals surface area contributed by atoms with Gasteiger partial charge < -0.3 is 10.2 Å². The van der Waals surface area contributed by atoms with Gasteiger partial charge in [-0.05, 0) is 43.4 Å². The minimum absolute atomic E-state index is 0.150. The molecule has 0 aliphatic carbocycles. The zero-order valence-corrected chi connectivity index (χ0v) is 11.8. The molecule has 1 aliphatic heterocycles. The Morgan fingerprint density at radius 1 is 1.44 bits per heavy atom. The fourth-order valence-electron chi connectivity index (χ4n) is 2.89. The summed E-state index contributed by atoms with van der Waals surface area (Å²) in [7, 11) is 0. The van der Waals surface area contributed by atoms with Crippen LogP contribution in [0.4, 0.5) is 0 Å². The van der Waals surface area contributed by atoms with E-state index in [0.717, 1.165) is 37.1 Å². The number of furan rings is 1. The van der Waals surface area contributed by atoms with Crippen molar-refractivity contribution in [1.82, 2.24) is 4.90 Å². The van der Waals surface area contributed by atoms with Gasteiger partial charge in [-0.2, -0.15) is 0 Å². The predicted molar refractivity (Wildman–Crippen MR) is 74.2 cm³/mol. The topological polar surface area (TPSA) is 42.4 Å². The molecule has 0 bridgehead atoms. The molecule has 2 heterocycles. The summed E-state index contributed by atoms with van der Waals surface area (Å²) in [6, 6.07) is 4.40. The van der Waals surface area contributed by atoms with Crippen LogP contribution in [0.5, 0.6) is 0 Å². The smallest absolute Gasteiger partial charge is 0.122 e. The van der Waals surface area contributed by atoms with Crippen molar-refractivity contribution in [2.45, 2.75) is 45.7 Å². The van der Waals surface area contributed by atoms with Gasteiger partial charge in [0.2, 0.25) is 0 Å². The Kier molecular flexibility index (Phi) is 4.46. The molecule has 0 aromatic carbocycles. The molecular weight excluding hydrogens is 224 g/mol. The Labute approximate surface area is 110 Å². The van der Waals surface area contributed by atoms with Gasteiger partial charge in [-0.3, -0.25) is 4.90 Å². The lowest BCUT2D eigenvalue weighted by Gasteiger charge is -2.41. The van der Waals surface area contributed by atoms with Crippen LogP contribution in [0, 0.1) is 11.8 Å². The van der Waals surface area contributed by atoms with Gasteiger partial charge in [-0.15, -0.1) is 0 Å². The quantitative estimate of drug-likeness (QED) is 0.893. The van der Waals surface area contributed by atoms with Crippen LogP contribution in [0.2, 0.25) is 0 Å². The van der Waals surface area contributed by atoms with Crippen molar-refractivity contribution in [1.29, 1.82) is 0 Å². The second-order valence-electron chi connectivity index (χ2n) is 5.77. The average Bonchev–Trinajstić information content (AvgIpc) is 2.87. The molecule has 4 atom stereocenters. The van der Waals surface area contributed by atoms with Crippen LogP contribution in [-0.4, -0.2) is 24.0 Å². The van der Waals surface area contributed by atoms with Crippen molar-refractivity contribution in [2.24, 2.45) is 17.6 Å². The van der Waals surface area contributed by atoms with Crippen molar-refractivity contribution in [3.63, 3.8) is 0 Å². The van der Waals surface area contributed by atoms with E-state index in [1.54, 1.807) is 6.26 Å². The van der Waals surface area contributed by atoms with Crippen molar-refractivity contribution < 1.29 is 4.42 Å². The molecule has 18 heavy (non-hydrogen) atoms. The van der Waals surface area contributed by atoms with E-state index in [2.05, 4.69) is 31.7 Å². The first kappa shape index (κ1) is 13.6. The number of likely N-dealkylation sites (tertiary alicyclic amines) is 1. The van der Waals surface area contributed by atoms with E-state index in [1.165, 1.54) is 6.42 Å². The Balaban J connectivity index is 2.14. The molecule has 0 spiro atoms. The molecule has 1 aliphatic rings.